The molecular weight excluding hydrogens is 202 g/mol. The molecule has 0 atom stereocenters. The van der Waals surface area contributed by atoms with Gasteiger partial charge >= 0.3 is 0 Å². The highest BCUT2D eigenvalue weighted by Gasteiger charge is 2.14. The second kappa shape index (κ2) is 6.33. The normalized spacial score (nSPS) is 10.4. The van der Waals surface area contributed by atoms with Gasteiger partial charge in [0.05, 0.1) is 0 Å². The van der Waals surface area contributed by atoms with Crippen molar-refractivity contribution in [3.63, 3.8) is 0 Å². The smallest absolute Gasteiger partial charge is 0.270 e. The molecule has 1 rings (SSSR count). The van der Waals surface area contributed by atoms with Crippen LogP contribution in [0.25, 0.3) is 0 Å². The molecule has 0 fully saturated rings. The third-order valence-corrected chi connectivity index (χ3v) is 2.66. The first-order valence-electron chi connectivity index (χ1n) is 5.76. The van der Waals surface area contributed by atoms with Gasteiger partial charge in [-0.3, -0.25) is 4.79 Å². The first-order valence-corrected chi connectivity index (χ1v) is 5.76. The molecule has 0 spiro atoms. The zero-order chi connectivity index (χ0) is 12.0. The quantitative estimate of drug-likeness (QED) is 0.736. The van der Waals surface area contributed by atoms with Gasteiger partial charge in [-0.05, 0) is 39.1 Å². The summed E-state index contributed by atoms with van der Waals surface area (Å²) in [5.41, 5.74) is 0.773. The fourth-order valence-electron chi connectivity index (χ4n) is 1.67. The van der Waals surface area contributed by atoms with Crippen LogP contribution in [0.5, 0.6) is 0 Å². The molecule has 1 amide bonds. The molecule has 1 N–H and O–H groups in total. The van der Waals surface area contributed by atoms with Crippen LogP contribution in [0.4, 0.5) is 0 Å². The van der Waals surface area contributed by atoms with E-state index in [0.717, 1.165) is 31.7 Å². The maximum atomic E-state index is 12.1. The summed E-state index contributed by atoms with van der Waals surface area (Å²) in [6.45, 7) is 4.59. The number of aromatic nitrogens is 1. The van der Waals surface area contributed by atoms with Crippen molar-refractivity contribution < 1.29 is 4.79 Å². The Balaban J connectivity index is 2.56. The van der Waals surface area contributed by atoms with E-state index in [2.05, 4.69) is 5.32 Å². The van der Waals surface area contributed by atoms with Crippen LogP contribution in [0.15, 0.2) is 18.3 Å². The minimum Gasteiger partial charge on any atom is -0.344 e. The first kappa shape index (κ1) is 12.8. The van der Waals surface area contributed by atoms with Gasteiger partial charge in [-0.25, -0.2) is 0 Å². The summed E-state index contributed by atoms with van der Waals surface area (Å²) in [5, 5.41) is 3.08. The van der Waals surface area contributed by atoms with Gasteiger partial charge in [-0.15, -0.1) is 0 Å². The third kappa shape index (κ3) is 3.10. The average Bonchev–Trinajstić information content (AvgIpc) is 2.76. The molecule has 0 aliphatic carbocycles. The zero-order valence-corrected chi connectivity index (χ0v) is 10.4. The SMILES string of the molecule is CCn1cccc1C(=O)N(C)CCCNC. The highest BCUT2D eigenvalue weighted by atomic mass is 16.2. The molecular formula is C12H21N3O. The number of hydrogen-bond acceptors (Lipinski definition) is 2. The number of rotatable bonds is 6. The van der Waals surface area contributed by atoms with Crippen molar-refractivity contribution in [3.8, 4) is 0 Å². The van der Waals surface area contributed by atoms with Crippen molar-refractivity contribution in [2.45, 2.75) is 19.9 Å². The van der Waals surface area contributed by atoms with Crippen LogP contribution >= 0.6 is 0 Å². The molecule has 4 nitrogen and oxygen atoms in total. The van der Waals surface area contributed by atoms with Crippen molar-refractivity contribution in [2.24, 2.45) is 0 Å². The molecule has 0 saturated heterocycles. The fourth-order valence-corrected chi connectivity index (χ4v) is 1.67. The maximum absolute atomic E-state index is 12.1. The van der Waals surface area contributed by atoms with Crippen LogP contribution < -0.4 is 5.32 Å². The van der Waals surface area contributed by atoms with Gasteiger partial charge in [0.25, 0.3) is 5.91 Å². The van der Waals surface area contributed by atoms with Gasteiger partial charge < -0.3 is 14.8 Å². The van der Waals surface area contributed by atoms with Crippen LogP contribution in [0.2, 0.25) is 0 Å². The van der Waals surface area contributed by atoms with Gasteiger partial charge in [0, 0.05) is 26.3 Å². The lowest BCUT2D eigenvalue weighted by atomic mass is 10.3. The Hall–Kier alpha value is -1.29. The average molecular weight is 223 g/mol. The standard InChI is InChI=1S/C12H21N3O/c1-4-15-10-5-7-11(15)12(16)14(3)9-6-8-13-2/h5,7,10,13H,4,6,8-9H2,1-3H3. The molecule has 1 aromatic rings. The second-order valence-corrected chi connectivity index (χ2v) is 3.86. The van der Waals surface area contributed by atoms with E-state index in [9.17, 15) is 4.79 Å². The monoisotopic (exact) mass is 223 g/mol. The summed E-state index contributed by atoms with van der Waals surface area (Å²) >= 11 is 0. The van der Waals surface area contributed by atoms with Crippen LogP contribution in [0.1, 0.15) is 23.8 Å². The van der Waals surface area contributed by atoms with Gasteiger partial charge in [0.1, 0.15) is 5.69 Å². The summed E-state index contributed by atoms with van der Waals surface area (Å²) in [6, 6.07) is 3.79. The van der Waals surface area contributed by atoms with Crippen molar-refractivity contribution in [1.82, 2.24) is 14.8 Å². The summed E-state index contributed by atoms with van der Waals surface area (Å²) in [6.07, 6.45) is 2.92. The lowest BCUT2D eigenvalue weighted by Crippen LogP contribution is -2.30. The number of nitrogens with zero attached hydrogens (tertiary/aromatic N) is 2. The highest BCUT2D eigenvalue weighted by molar-refractivity contribution is 5.92. The number of amides is 1. The molecule has 0 radical (unpaired) electrons. The Morgan fingerprint density at radius 1 is 1.56 bits per heavy atom. The molecule has 0 aromatic carbocycles. The number of carbonyl (C=O) groups excluding carboxylic acids is 1. The van der Waals surface area contributed by atoms with E-state index in [1.54, 1.807) is 4.90 Å². The lowest BCUT2D eigenvalue weighted by molar-refractivity contribution is 0.0783. The summed E-state index contributed by atoms with van der Waals surface area (Å²) in [4.78, 5) is 13.8. The second-order valence-electron chi connectivity index (χ2n) is 3.86. The first-order chi connectivity index (χ1) is 7.70. The van der Waals surface area contributed by atoms with Gasteiger partial charge in [-0.1, -0.05) is 0 Å². The number of carbonyl (C=O) groups is 1. The Kier molecular flexibility index (Phi) is 5.05. The minimum absolute atomic E-state index is 0.1000. The molecule has 0 unspecified atom stereocenters. The fraction of sp³-hybridized carbons (Fsp3) is 0.583. The van der Waals surface area contributed by atoms with Crippen LogP contribution in [0.3, 0.4) is 0 Å². The van der Waals surface area contributed by atoms with Gasteiger partial charge in [-0.2, -0.15) is 0 Å². The highest BCUT2D eigenvalue weighted by Crippen LogP contribution is 2.06. The van der Waals surface area contributed by atoms with E-state index in [0.29, 0.717) is 0 Å². The Morgan fingerprint density at radius 2 is 2.31 bits per heavy atom. The topological polar surface area (TPSA) is 37.3 Å². The van der Waals surface area contributed by atoms with Crippen LogP contribution in [-0.2, 0) is 6.54 Å². The largest absolute Gasteiger partial charge is 0.344 e. The van der Waals surface area contributed by atoms with E-state index in [1.165, 1.54) is 0 Å². The molecule has 0 saturated carbocycles. The Labute approximate surface area is 97.2 Å². The third-order valence-electron chi connectivity index (χ3n) is 2.66. The van der Waals surface area contributed by atoms with Crippen LogP contribution in [0, 0.1) is 0 Å². The lowest BCUT2D eigenvalue weighted by Gasteiger charge is -2.17. The molecule has 1 aromatic heterocycles. The van der Waals surface area contributed by atoms with E-state index < -0.39 is 0 Å². The number of aryl methyl sites for hydroxylation is 1. The molecule has 0 bridgehead atoms. The van der Waals surface area contributed by atoms with Gasteiger partial charge in [0.2, 0.25) is 0 Å². The van der Waals surface area contributed by atoms with Crippen molar-refractivity contribution in [2.75, 3.05) is 27.2 Å². The van der Waals surface area contributed by atoms with Crippen LogP contribution in [-0.4, -0.2) is 42.6 Å². The minimum atomic E-state index is 0.1000. The molecule has 1 heterocycles. The summed E-state index contributed by atoms with van der Waals surface area (Å²) in [5.74, 6) is 0.1000. The molecule has 90 valence electrons. The Bertz CT molecular complexity index is 333. The molecule has 16 heavy (non-hydrogen) atoms. The zero-order valence-electron chi connectivity index (χ0n) is 10.4. The van der Waals surface area contributed by atoms with E-state index in [1.807, 2.05) is 43.9 Å². The van der Waals surface area contributed by atoms with E-state index in [4.69, 9.17) is 0 Å². The van der Waals surface area contributed by atoms with Gasteiger partial charge in [0.15, 0.2) is 0 Å². The molecule has 4 heteroatoms. The maximum Gasteiger partial charge on any atom is 0.270 e. The van der Waals surface area contributed by atoms with Crippen molar-refractivity contribution in [1.29, 1.82) is 0 Å². The summed E-state index contributed by atoms with van der Waals surface area (Å²) in [7, 11) is 3.77. The molecule has 0 aliphatic rings. The van der Waals surface area contributed by atoms with Crippen molar-refractivity contribution >= 4 is 5.91 Å². The summed E-state index contributed by atoms with van der Waals surface area (Å²) < 4.78 is 1.97. The predicted molar refractivity (Wildman–Crippen MR) is 65.6 cm³/mol. The Morgan fingerprint density at radius 3 is 2.94 bits per heavy atom. The number of nitrogens with one attached hydrogen (secondary N) is 1. The number of hydrogen-bond donors (Lipinski definition) is 1. The predicted octanol–water partition coefficient (Wildman–Crippen LogP) is 1.19. The van der Waals surface area contributed by atoms with E-state index >= 15 is 0 Å². The van der Waals surface area contributed by atoms with E-state index in [-0.39, 0.29) is 5.91 Å². The molecule has 0 aliphatic heterocycles. The van der Waals surface area contributed by atoms with Crippen molar-refractivity contribution in [3.05, 3.63) is 24.0 Å².